The summed E-state index contributed by atoms with van der Waals surface area (Å²) >= 11 is 1.22. The van der Waals surface area contributed by atoms with Gasteiger partial charge in [0.05, 0.1) is 0 Å². The van der Waals surface area contributed by atoms with E-state index >= 15 is 0 Å². The molecule has 1 aromatic rings. The topological polar surface area (TPSA) is 29.4 Å². The molecule has 0 aromatic heterocycles. The smallest absolute Gasteiger partial charge is 0.210 e. The highest BCUT2D eigenvalue weighted by molar-refractivity contribution is 7.97. The summed E-state index contributed by atoms with van der Waals surface area (Å²) < 4.78 is 3.41. The van der Waals surface area contributed by atoms with Gasteiger partial charge >= 0.3 is 0 Å². The lowest BCUT2D eigenvalue weighted by molar-refractivity contribution is 0.566. The van der Waals surface area contributed by atoms with Crippen LogP contribution in [0.4, 0.5) is 0 Å². The molecule has 0 unspecified atom stereocenters. The maximum atomic E-state index is 9.75. The molecular formula is C9H9NOS. The Bertz CT molecular complexity index is 305. The van der Waals surface area contributed by atoms with Crippen LogP contribution in [-0.2, 0) is 10.5 Å². The van der Waals surface area contributed by atoms with Gasteiger partial charge in [-0.2, -0.15) is 0 Å². The Hall–Kier alpha value is -1.05. The molecule has 1 rings (SSSR count). The lowest BCUT2D eigenvalue weighted by atomic mass is 10.2. The molecule has 0 heterocycles. The van der Waals surface area contributed by atoms with Crippen LogP contribution in [0.15, 0.2) is 28.7 Å². The number of rotatable bonds is 3. The van der Waals surface area contributed by atoms with Gasteiger partial charge in [0.2, 0.25) is 6.08 Å². The molecule has 0 fully saturated rings. The summed E-state index contributed by atoms with van der Waals surface area (Å²) in [6.45, 7) is 2.04. The normalized spacial score (nSPS) is 9.08. The van der Waals surface area contributed by atoms with Crippen molar-refractivity contribution < 1.29 is 4.79 Å². The van der Waals surface area contributed by atoms with Gasteiger partial charge in [0, 0.05) is 5.75 Å². The zero-order valence-electron chi connectivity index (χ0n) is 6.78. The first kappa shape index (κ1) is 9.04. The summed E-state index contributed by atoms with van der Waals surface area (Å²) in [6, 6.07) is 8.13. The van der Waals surface area contributed by atoms with Crippen molar-refractivity contribution in [2.75, 3.05) is 0 Å². The van der Waals surface area contributed by atoms with Crippen LogP contribution in [0, 0.1) is 6.92 Å². The molecular weight excluding hydrogens is 170 g/mol. The van der Waals surface area contributed by atoms with E-state index in [1.807, 2.05) is 25.1 Å². The minimum absolute atomic E-state index is 0.733. The van der Waals surface area contributed by atoms with E-state index in [2.05, 4.69) is 10.5 Å². The monoisotopic (exact) mass is 179 g/mol. The van der Waals surface area contributed by atoms with E-state index in [-0.39, 0.29) is 0 Å². The molecule has 1 aromatic carbocycles. The maximum Gasteiger partial charge on any atom is 0.247 e. The number of benzene rings is 1. The summed E-state index contributed by atoms with van der Waals surface area (Å²) in [7, 11) is 0. The molecule has 0 saturated carbocycles. The third-order valence-electron chi connectivity index (χ3n) is 1.42. The van der Waals surface area contributed by atoms with E-state index in [4.69, 9.17) is 0 Å². The summed E-state index contributed by atoms with van der Waals surface area (Å²) in [5, 5.41) is 0. The largest absolute Gasteiger partial charge is 0.247 e. The van der Waals surface area contributed by atoms with E-state index in [0.717, 1.165) is 5.75 Å². The van der Waals surface area contributed by atoms with Gasteiger partial charge in [0.15, 0.2) is 0 Å². The zero-order chi connectivity index (χ0) is 8.81. The van der Waals surface area contributed by atoms with Crippen LogP contribution in [0.1, 0.15) is 11.1 Å². The van der Waals surface area contributed by atoms with Crippen LogP contribution in [0.2, 0.25) is 0 Å². The highest BCUT2D eigenvalue weighted by atomic mass is 32.2. The second-order valence-electron chi connectivity index (χ2n) is 2.45. The van der Waals surface area contributed by atoms with Gasteiger partial charge in [-0.1, -0.05) is 29.8 Å². The average Bonchev–Trinajstić information content (AvgIpc) is 2.05. The van der Waals surface area contributed by atoms with Gasteiger partial charge in [-0.25, -0.2) is 4.79 Å². The number of nitrogens with zero attached hydrogens (tertiary/aromatic N) is 1. The molecule has 0 aliphatic rings. The first-order valence-corrected chi connectivity index (χ1v) is 4.52. The molecule has 0 atom stereocenters. The van der Waals surface area contributed by atoms with Crippen molar-refractivity contribution in [2.45, 2.75) is 12.7 Å². The molecule has 0 bridgehead atoms. The molecule has 0 aliphatic heterocycles. The molecule has 0 aliphatic carbocycles. The van der Waals surface area contributed by atoms with Crippen molar-refractivity contribution in [2.24, 2.45) is 4.40 Å². The molecule has 0 saturated heterocycles. The fraction of sp³-hybridized carbons (Fsp3) is 0.222. The molecule has 2 nitrogen and oxygen atoms in total. The second-order valence-corrected chi connectivity index (χ2v) is 3.17. The predicted molar refractivity (Wildman–Crippen MR) is 50.6 cm³/mol. The first-order chi connectivity index (χ1) is 5.83. The fourth-order valence-corrected chi connectivity index (χ4v) is 1.38. The van der Waals surface area contributed by atoms with Crippen LogP contribution in [-0.4, -0.2) is 6.08 Å². The molecule has 0 spiro atoms. The van der Waals surface area contributed by atoms with Crippen LogP contribution in [0.3, 0.4) is 0 Å². The van der Waals surface area contributed by atoms with Crippen molar-refractivity contribution in [3.63, 3.8) is 0 Å². The van der Waals surface area contributed by atoms with E-state index in [9.17, 15) is 4.79 Å². The Morgan fingerprint density at radius 1 is 1.58 bits per heavy atom. The minimum atomic E-state index is 0.733. The first-order valence-electron chi connectivity index (χ1n) is 3.57. The van der Waals surface area contributed by atoms with Crippen molar-refractivity contribution in [1.82, 2.24) is 0 Å². The lowest BCUT2D eigenvalue weighted by Crippen LogP contribution is -1.79. The minimum Gasteiger partial charge on any atom is -0.210 e. The standard InChI is InChI=1S/C9H9NOS/c1-8-3-2-4-9(5-8)6-12-10-7-11/h2-5H,6H2,1H3. The third kappa shape index (κ3) is 2.91. The second kappa shape index (κ2) is 4.75. The highest BCUT2D eigenvalue weighted by Gasteiger charge is 1.91. The van der Waals surface area contributed by atoms with Gasteiger partial charge in [0.25, 0.3) is 0 Å². The van der Waals surface area contributed by atoms with Crippen LogP contribution in [0.25, 0.3) is 0 Å². The van der Waals surface area contributed by atoms with Gasteiger partial charge in [-0.3, -0.25) is 0 Å². The van der Waals surface area contributed by atoms with Crippen LogP contribution in [0.5, 0.6) is 0 Å². The summed E-state index contributed by atoms with van der Waals surface area (Å²) in [5.74, 6) is 0.733. The van der Waals surface area contributed by atoms with E-state index in [1.54, 1.807) is 0 Å². The summed E-state index contributed by atoms with van der Waals surface area (Å²) in [6.07, 6.45) is 1.49. The number of isocyanates is 1. The lowest BCUT2D eigenvalue weighted by Gasteiger charge is -1.97. The Balaban J connectivity index is 2.57. The quantitative estimate of drug-likeness (QED) is 0.405. The van der Waals surface area contributed by atoms with E-state index < -0.39 is 0 Å². The van der Waals surface area contributed by atoms with Gasteiger partial charge < -0.3 is 0 Å². The molecule has 62 valence electrons. The van der Waals surface area contributed by atoms with Crippen molar-refractivity contribution in [3.05, 3.63) is 35.4 Å². The Kier molecular flexibility index (Phi) is 3.58. The summed E-state index contributed by atoms with van der Waals surface area (Å²) in [5.41, 5.74) is 2.40. The Morgan fingerprint density at radius 2 is 2.42 bits per heavy atom. The Morgan fingerprint density at radius 3 is 3.08 bits per heavy atom. The molecule has 12 heavy (non-hydrogen) atoms. The molecule has 3 heteroatoms. The van der Waals surface area contributed by atoms with Gasteiger partial charge in [-0.15, -0.1) is 4.40 Å². The van der Waals surface area contributed by atoms with Crippen LogP contribution < -0.4 is 0 Å². The molecule has 0 N–H and O–H groups in total. The SMILES string of the molecule is Cc1cccc(CSN=C=O)c1. The average molecular weight is 179 g/mol. The number of hydrogen-bond acceptors (Lipinski definition) is 3. The van der Waals surface area contributed by atoms with E-state index in [1.165, 1.54) is 29.2 Å². The molecule has 0 radical (unpaired) electrons. The van der Waals surface area contributed by atoms with Crippen molar-refractivity contribution in [3.8, 4) is 0 Å². The summed E-state index contributed by atoms with van der Waals surface area (Å²) in [4.78, 5) is 9.75. The highest BCUT2D eigenvalue weighted by Crippen LogP contribution is 2.13. The van der Waals surface area contributed by atoms with Crippen molar-refractivity contribution >= 4 is 18.0 Å². The third-order valence-corrected chi connectivity index (χ3v) is 2.08. The maximum absolute atomic E-state index is 9.75. The fourth-order valence-electron chi connectivity index (χ4n) is 0.935. The van der Waals surface area contributed by atoms with Crippen LogP contribution >= 0.6 is 11.9 Å². The zero-order valence-corrected chi connectivity index (χ0v) is 7.60. The van der Waals surface area contributed by atoms with Crippen molar-refractivity contribution in [1.29, 1.82) is 0 Å². The van der Waals surface area contributed by atoms with Gasteiger partial charge in [-0.05, 0) is 24.4 Å². The molecule has 0 amide bonds. The predicted octanol–water partition coefficient (Wildman–Crippen LogP) is 2.48. The van der Waals surface area contributed by atoms with E-state index in [0.29, 0.717) is 0 Å². The number of aryl methyl sites for hydroxylation is 1. The Labute approximate surface area is 75.8 Å². The van der Waals surface area contributed by atoms with Gasteiger partial charge in [0.1, 0.15) is 0 Å². The number of hydrogen-bond donors (Lipinski definition) is 0. The number of carbonyl (C=O) groups excluding carboxylic acids is 1.